The summed E-state index contributed by atoms with van der Waals surface area (Å²) in [6.45, 7) is 3.34. The van der Waals surface area contributed by atoms with Gasteiger partial charge in [0.05, 0.1) is 22.4 Å². The van der Waals surface area contributed by atoms with Gasteiger partial charge in [-0.15, -0.1) is 0 Å². The average molecular weight is 628 g/mol. The van der Waals surface area contributed by atoms with Gasteiger partial charge in [0.2, 0.25) is 0 Å². The quantitative estimate of drug-likeness (QED) is 0.284. The summed E-state index contributed by atoms with van der Waals surface area (Å²) in [5.41, 5.74) is -0.131. The molecular formula is C31H32F3N5O4S. The van der Waals surface area contributed by atoms with Crippen LogP contribution in [0.1, 0.15) is 31.7 Å². The first kappa shape index (κ1) is 29.0. The van der Waals surface area contributed by atoms with Crippen molar-refractivity contribution in [3.63, 3.8) is 0 Å². The molecule has 9 nitrogen and oxygen atoms in total. The number of benzene rings is 2. The number of hydrogen-bond acceptors (Lipinski definition) is 9. The van der Waals surface area contributed by atoms with Crippen molar-refractivity contribution in [3.05, 3.63) is 47.7 Å². The van der Waals surface area contributed by atoms with Gasteiger partial charge in [-0.05, 0) is 60.3 Å². The number of nitrogens with one attached hydrogen (secondary N) is 1. The number of sulfone groups is 1. The summed E-state index contributed by atoms with van der Waals surface area (Å²) in [4.78, 5) is 15.4. The molecule has 3 aliphatic heterocycles. The molecule has 0 aliphatic carbocycles. The van der Waals surface area contributed by atoms with Gasteiger partial charge >= 0.3 is 6.01 Å². The van der Waals surface area contributed by atoms with E-state index < -0.39 is 33.2 Å². The van der Waals surface area contributed by atoms with Crippen molar-refractivity contribution < 1.29 is 31.4 Å². The summed E-state index contributed by atoms with van der Waals surface area (Å²) in [6, 6.07) is 5.58. The SMILES string of the molecule is CCc1c(F)ccc2cc(O)cc(-c3ncc4c(NCC5CS(=O)(=O)C5)nc(OCC56CCCN5C[C@H](F)C6)nc4c3F)c12. The lowest BCUT2D eigenvalue weighted by Crippen LogP contribution is -2.43. The Labute approximate surface area is 252 Å². The summed E-state index contributed by atoms with van der Waals surface area (Å²) in [5.74, 6) is -1.19. The van der Waals surface area contributed by atoms with E-state index in [-0.39, 0.29) is 70.3 Å². The molecule has 2 aromatic heterocycles. The molecule has 44 heavy (non-hydrogen) atoms. The normalized spacial score (nSPS) is 23.2. The van der Waals surface area contributed by atoms with Crippen LogP contribution in [0.3, 0.4) is 0 Å². The molecule has 7 rings (SSSR count). The van der Waals surface area contributed by atoms with E-state index >= 15 is 4.39 Å². The minimum Gasteiger partial charge on any atom is -0.508 e. The van der Waals surface area contributed by atoms with Gasteiger partial charge in [0.25, 0.3) is 0 Å². The number of aryl methyl sites for hydroxylation is 1. The van der Waals surface area contributed by atoms with Crippen LogP contribution in [-0.4, -0.2) is 82.8 Å². The van der Waals surface area contributed by atoms with E-state index in [1.807, 2.05) is 0 Å². The predicted octanol–water partition coefficient (Wildman–Crippen LogP) is 4.80. The second-order valence-electron chi connectivity index (χ2n) is 12.2. The van der Waals surface area contributed by atoms with Crippen molar-refractivity contribution in [2.24, 2.45) is 5.92 Å². The summed E-state index contributed by atoms with van der Waals surface area (Å²) in [7, 11) is -3.04. The van der Waals surface area contributed by atoms with E-state index in [0.29, 0.717) is 35.7 Å². The lowest BCUT2D eigenvalue weighted by molar-refractivity contribution is 0.107. The van der Waals surface area contributed by atoms with Crippen molar-refractivity contribution >= 4 is 37.3 Å². The molecule has 5 heterocycles. The number of phenolic OH excluding ortho intramolecular Hbond substituents is 1. The first-order valence-corrected chi connectivity index (χ1v) is 16.6. The maximum atomic E-state index is 16.5. The van der Waals surface area contributed by atoms with E-state index in [4.69, 9.17) is 4.74 Å². The third-order valence-corrected chi connectivity index (χ3v) is 11.2. The van der Waals surface area contributed by atoms with Gasteiger partial charge in [-0.3, -0.25) is 9.88 Å². The fraction of sp³-hybridized carbons (Fsp3) is 0.452. The second kappa shape index (κ2) is 10.7. The number of phenols is 1. The molecule has 0 spiro atoms. The largest absolute Gasteiger partial charge is 0.508 e. The van der Waals surface area contributed by atoms with Gasteiger partial charge in [0, 0.05) is 37.2 Å². The maximum absolute atomic E-state index is 16.5. The number of halogens is 3. The highest BCUT2D eigenvalue weighted by Crippen LogP contribution is 2.41. The van der Waals surface area contributed by atoms with Gasteiger partial charge < -0.3 is 15.2 Å². The lowest BCUT2D eigenvalue weighted by atomic mass is 9.94. The predicted molar refractivity (Wildman–Crippen MR) is 160 cm³/mol. The monoisotopic (exact) mass is 627 g/mol. The topological polar surface area (TPSA) is 118 Å². The molecule has 232 valence electrons. The van der Waals surface area contributed by atoms with Crippen molar-refractivity contribution in [2.75, 3.05) is 43.1 Å². The zero-order valence-corrected chi connectivity index (χ0v) is 24.9. The molecule has 2 aromatic carbocycles. The number of alkyl halides is 1. The Balaban J connectivity index is 1.32. The molecule has 1 unspecified atom stereocenters. The highest BCUT2D eigenvalue weighted by atomic mass is 32.2. The van der Waals surface area contributed by atoms with Crippen molar-refractivity contribution in [3.8, 4) is 23.0 Å². The van der Waals surface area contributed by atoms with Gasteiger partial charge in [-0.2, -0.15) is 9.97 Å². The lowest BCUT2D eigenvalue weighted by Gasteiger charge is -2.31. The minimum absolute atomic E-state index is 0.0484. The molecule has 3 aliphatic rings. The number of anilines is 1. The van der Waals surface area contributed by atoms with Crippen LogP contribution in [0.5, 0.6) is 11.8 Å². The number of nitrogens with zero attached hydrogens (tertiary/aromatic N) is 4. The van der Waals surface area contributed by atoms with Crippen LogP contribution in [0.2, 0.25) is 0 Å². The Morgan fingerprint density at radius 3 is 2.80 bits per heavy atom. The zero-order valence-electron chi connectivity index (χ0n) is 24.1. The van der Waals surface area contributed by atoms with Crippen LogP contribution in [-0.2, 0) is 16.3 Å². The number of aromatic hydroxyl groups is 1. The van der Waals surface area contributed by atoms with E-state index in [1.165, 1.54) is 30.5 Å². The minimum atomic E-state index is -3.04. The smallest absolute Gasteiger partial charge is 0.319 e. The Morgan fingerprint density at radius 2 is 2.02 bits per heavy atom. The van der Waals surface area contributed by atoms with Crippen LogP contribution in [0.15, 0.2) is 30.5 Å². The molecule has 0 saturated carbocycles. The van der Waals surface area contributed by atoms with Gasteiger partial charge in [-0.25, -0.2) is 21.6 Å². The molecule has 2 atom stereocenters. The summed E-state index contributed by atoms with van der Waals surface area (Å²) >= 11 is 0. The van der Waals surface area contributed by atoms with Gasteiger partial charge in [0.15, 0.2) is 15.7 Å². The van der Waals surface area contributed by atoms with Crippen molar-refractivity contribution in [2.45, 2.75) is 44.3 Å². The molecule has 0 bridgehead atoms. The van der Waals surface area contributed by atoms with Crippen molar-refractivity contribution in [1.82, 2.24) is 19.9 Å². The first-order valence-electron chi connectivity index (χ1n) is 14.8. The standard InChI is InChI=1S/C31H32F3N5O4S/c1-2-21-24(33)5-4-18-8-20(40)9-22(25(18)21)27-26(34)28-23(12-35-27)29(36-11-17-14-44(41,42)15-17)38-30(37-28)43-16-31-6-3-7-39(31)13-19(32)10-31/h4-5,8-9,12,17,19,40H,2-3,6-7,10-11,13-16H2,1H3,(H,36,37,38)/t19-,31?/m1/s1. The maximum Gasteiger partial charge on any atom is 0.319 e. The number of aromatic nitrogens is 3. The molecule has 3 fully saturated rings. The molecular weight excluding hydrogens is 595 g/mol. The summed E-state index contributed by atoms with van der Waals surface area (Å²) < 4.78 is 75.2. The van der Waals surface area contributed by atoms with E-state index in [0.717, 1.165) is 19.4 Å². The van der Waals surface area contributed by atoms with Crippen LogP contribution in [0, 0.1) is 17.6 Å². The number of ether oxygens (including phenoxy) is 1. The Hall–Kier alpha value is -3.71. The zero-order chi connectivity index (χ0) is 30.8. The summed E-state index contributed by atoms with van der Waals surface area (Å²) in [6.07, 6.45) is 2.82. The van der Waals surface area contributed by atoms with Crippen LogP contribution < -0.4 is 10.1 Å². The molecule has 2 N–H and O–H groups in total. The molecule has 3 saturated heterocycles. The Morgan fingerprint density at radius 1 is 1.20 bits per heavy atom. The third kappa shape index (κ3) is 4.99. The van der Waals surface area contributed by atoms with Crippen molar-refractivity contribution in [1.29, 1.82) is 0 Å². The first-order chi connectivity index (χ1) is 21.1. The number of rotatable bonds is 8. The second-order valence-corrected chi connectivity index (χ2v) is 14.4. The van der Waals surface area contributed by atoms with Gasteiger partial charge in [-0.1, -0.05) is 13.0 Å². The van der Waals surface area contributed by atoms with Gasteiger partial charge in [0.1, 0.15) is 41.4 Å². The fourth-order valence-electron chi connectivity index (χ4n) is 7.13. The average Bonchev–Trinajstić information content (AvgIpc) is 3.49. The Bertz CT molecular complexity index is 1900. The number of fused-ring (bicyclic) bond motifs is 3. The Kier molecular flexibility index (Phi) is 7.07. The van der Waals surface area contributed by atoms with Crippen LogP contribution in [0.25, 0.3) is 32.9 Å². The summed E-state index contributed by atoms with van der Waals surface area (Å²) in [5, 5.41) is 14.8. The number of pyridine rings is 1. The van der Waals surface area contributed by atoms with Crippen LogP contribution >= 0.6 is 0 Å². The van der Waals surface area contributed by atoms with E-state index in [1.54, 1.807) is 6.92 Å². The molecule has 0 radical (unpaired) electrons. The highest BCUT2D eigenvalue weighted by molar-refractivity contribution is 7.92. The van der Waals surface area contributed by atoms with Crippen LogP contribution in [0.4, 0.5) is 19.0 Å². The molecule has 0 amide bonds. The third-order valence-electron chi connectivity index (χ3n) is 9.19. The van der Waals surface area contributed by atoms with E-state index in [2.05, 4.69) is 25.2 Å². The fourth-order valence-corrected chi connectivity index (χ4v) is 8.71. The molecule has 13 heteroatoms. The van der Waals surface area contributed by atoms with E-state index in [9.17, 15) is 22.3 Å². The molecule has 4 aromatic rings. The highest BCUT2D eigenvalue weighted by Gasteiger charge is 2.49. The number of hydrogen-bond donors (Lipinski definition) is 2.